The van der Waals surface area contributed by atoms with Gasteiger partial charge in [-0.1, -0.05) is 6.92 Å². The molecule has 8 heteroatoms. The number of aromatic nitrogens is 3. The maximum atomic E-state index is 5.15. The highest BCUT2D eigenvalue weighted by Gasteiger charge is 2.30. The smallest absolute Gasteiger partial charge is 0.191 e. The van der Waals surface area contributed by atoms with Crippen molar-refractivity contribution in [3.05, 3.63) is 11.6 Å². The Labute approximate surface area is 169 Å². The normalized spacial score (nSPS) is 24.1. The van der Waals surface area contributed by atoms with Crippen molar-refractivity contribution in [1.29, 1.82) is 0 Å². The summed E-state index contributed by atoms with van der Waals surface area (Å²) in [6.45, 7) is 11.5. The Balaban J connectivity index is 1.51. The largest absolute Gasteiger partial charge is 0.377 e. The number of ether oxygens (including phenoxy) is 1. The highest BCUT2D eigenvalue weighted by atomic mass is 16.5. The number of piperidine rings is 1. The summed E-state index contributed by atoms with van der Waals surface area (Å²) in [5, 5.41) is 11.7. The summed E-state index contributed by atoms with van der Waals surface area (Å²) < 4.78 is 7.15. The summed E-state index contributed by atoms with van der Waals surface area (Å²) in [6.07, 6.45) is 4.59. The lowest BCUT2D eigenvalue weighted by atomic mass is 9.93. The van der Waals surface area contributed by atoms with Crippen LogP contribution in [0, 0.1) is 5.92 Å². The third-order valence-corrected chi connectivity index (χ3v) is 5.94. The van der Waals surface area contributed by atoms with Gasteiger partial charge < -0.3 is 15.4 Å². The third kappa shape index (κ3) is 5.23. The van der Waals surface area contributed by atoms with Crippen molar-refractivity contribution in [2.45, 2.75) is 71.2 Å². The van der Waals surface area contributed by atoms with E-state index in [-0.39, 0.29) is 5.54 Å². The van der Waals surface area contributed by atoms with Crippen LogP contribution >= 0.6 is 0 Å². The van der Waals surface area contributed by atoms with E-state index in [0.29, 0.717) is 12.6 Å². The molecule has 0 aromatic carbocycles. The van der Waals surface area contributed by atoms with Gasteiger partial charge >= 0.3 is 0 Å². The number of hydrogen-bond donors (Lipinski definition) is 2. The fourth-order valence-corrected chi connectivity index (χ4v) is 4.21. The topological polar surface area (TPSA) is 79.6 Å². The van der Waals surface area contributed by atoms with E-state index in [4.69, 9.17) is 4.74 Å². The maximum absolute atomic E-state index is 5.15. The molecule has 0 saturated carbocycles. The zero-order valence-corrected chi connectivity index (χ0v) is 18.2. The van der Waals surface area contributed by atoms with Gasteiger partial charge in [0.1, 0.15) is 12.4 Å². The first-order valence-electron chi connectivity index (χ1n) is 10.5. The monoisotopic (exact) mass is 391 g/mol. The molecule has 28 heavy (non-hydrogen) atoms. The van der Waals surface area contributed by atoms with Crippen molar-refractivity contribution in [1.82, 2.24) is 30.3 Å². The number of methoxy groups -OCH3 is 1. The fraction of sp³-hybridized carbons (Fsp3) is 0.850. The average molecular weight is 392 g/mol. The van der Waals surface area contributed by atoms with Crippen LogP contribution in [0.5, 0.6) is 0 Å². The molecule has 1 saturated heterocycles. The highest BCUT2D eigenvalue weighted by molar-refractivity contribution is 5.80. The van der Waals surface area contributed by atoms with E-state index < -0.39 is 0 Å². The SMILES string of the molecule is CN=C(NCC(C)(C)N1CCCC(C)C1)NC1CCc2nc(COC)nn2C1. The van der Waals surface area contributed by atoms with Crippen molar-refractivity contribution in [3.8, 4) is 0 Å². The molecule has 2 aliphatic heterocycles. The number of likely N-dealkylation sites (tertiary alicyclic amines) is 1. The number of hydrogen-bond acceptors (Lipinski definition) is 5. The summed E-state index contributed by atoms with van der Waals surface area (Å²) in [5.41, 5.74) is 0.104. The van der Waals surface area contributed by atoms with Crippen LogP contribution in [0.1, 0.15) is 51.7 Å². The molecule has 0 bridgehead atoms. The predicted molar refractivity (Wildman–Crippen MR) is 111 cm³/mol. The lowest BCUT2D eigenvalue weighted by Crippen LogP contribution is -2.57. The molecule has 2 atom stereocenters. The molecular weight excluding hydrogens is 354 g/mol. The van der Waals surface area contributed by atoms with Gasteiger partial charge in [-0.3, -0.25) is 9.89 Å². The minimum absolute atomic E-state index is 0.104. The summed E-state index contributed by atoms with van der Waals surface area (Å²) in [7, 11) is 3.51. The quantitative estimate of drug-likeness (QED) is 0.564. The molecule has 1 aromatic heterocycles. The van der Waals surface area contributed by atoms with Crippen molar-refractivity contribution < 1.29 is 4.74 Å². The molecule has 0 amide bonds. The van der Waals surface area contributed by atoms with Gasteiger partial charge in [0.2, 0.25) is 0 Å². The molecule has 2 N–H and O–H groups in total. The number of rotatable bonds is 6. The van der Waals surface area contributed by atoms with Crippen LogP contribution in [0.4, 0.5) is 0 Å². The number of nitrogens with one attached hydrogen (secondary N) is 2. The van der Waals surface area contributed by atoms with Crippen molar-refractivity contribution in [2.75, 3.05) is 33.8 Å². The second kappa shape index (κ2) is 9.22. The van der Waals surface area contributed by atoms with Gasteiger partial charge in [0.15, 0.2) is 11.8 Å². The van der Waals surface area contributed by atoms with Crippen LogP contribution in [0.25, 0.3) is 0 Å². The fourth-order valence-electron chi connectivity index (χ4n) is 4.21. The first kappa shape index (κ1) is 21.0. The van der Waals surface area contributed by atoms with Crippen LogP contribution in [0.15, 0.2) is 4.99 Å². The first-order valence-corrected chi connectivity index (χ1v) is 10.5. The lowest BCUT2D eigenvalue weighted by Gasteiger charge is -2.43. The second-order valence-electron chi connectivity index (χ2n) is 8.87. The summed E-state index contributed by atoms with van der Waals surface area (Å²) in [4.78, 5) is 11.6. The third-order valence-electron chi connectivity index (χ3n) is 5.94. The van der Waals surface area contributed by atoms with Gasteiger partial charge in [-0.15, -0.1) is 0 Å². The van der Waals surface area contributed by atoms with E-state index in [1.165, 1.54) is 25.9 Å². The number of fused-ring (bicyclic) bond motifs is 1. The summed E-state index contributed by atoms with van der Waals surface area (Å²) >= 11 is 0. The van der Waals surface area contributed by atoms with Gasteiger partial charge in [-0.2, -0.15) is 5.10 Å². The van der Waals surface area contributed by atoms with E-state index in [1.54, 1.807) is 7.11 Å². The van der Waals surface area contributed by atoms with Gasteiger partial charge in [-0.25, -0.2) is 9.67 Å². The van der Waals surface area contributed by atoms with E-state index >= 15 is 0 Å². The molecule has 0 spiro atoms. The van der Waals surface area contributed by atoms with E-state index in [9.17, 15) is 0 Å². The second-order valence-corrected chi connectivity index (χ2v) is 8.87. The number of guanidine groups is 1. The Kier molecular flexibility index (Phi) is 6.93. The van der Waals surface area contributed by atoms with Gasteiger partial charge in [0.25, 0.3) is 0 Å². The van der Waals surface area contributed by atoms with Crippen molar-refractivity contribution in [3.63, 3.8) is 0 Å². The summed E-state index contributed by atoms with van der Waals surface area (Å²) in [5.74, 6) is 3.46. The van der Waals surface area contributed by atoms with Crippen LogP contribution in [-0.4, -0.2) is 71.0 Å². The van der Waals surface area contributed by atoms with Gasteiger partial charge in [0.05, 0.1) is 6.54 Å². The molecule has 3 heterocycles. The molecular formula is C20H37N7O. The molecule has 0 aliphatic carbocycles. The minimum Gasteiger partial charge on any atom is -0.377 e. The Morgan fingerprint density at radius 2 is 2.14 bits per heavy atom. The molecule has 2 aliphatic rings. The lowest BCUT2D eigenvalue weighted by molar-refractivity contribution is 0.0739. The number of aliphatic imine (C=N–C) groups is 1. The maximum Gasteiger partial charge on any atom is 0.191 e. The average Bonchev–Trinajstić information content (AvgIpc) is 3.07. The van der Waals surface area contributed by atoms with Crippen LogP contribution < -0.4 is 10.6 Å². The van der Waals surface area contributed by atoms with Crippen molar-refractivity contribution in [2.24, 2.45) is 10.9 Å². The molecule has 1 aromatic rings. The van der Waals surface area contributed by atoms with E-state index in [0.717, 1.165) is 49.5 Å². The zero-order valence-electron chi connectivity index (χ0n) is 18.2. The van der Waals surface area contributed by atoms with E-state index in [2.05, 4.69) is 51.4 Å². The number of nitrogens with zero attached hydrogens (tertiary/aromatic N) is 5. The Hall–Kier alpha value is -1.67. The highest BCUT2D eigenvalue weighted by Crippen LogP contribution is 2.23. The van der Waals surface area contributed by atoms with Gasteiger partial charge in [-0.05, 0) is 45.6 Å². The molecule has 0 radical (unpaired) electrons. The molecule has 2 unspecified atom stereocenters. The Bertz CT molecular complexity index is 670. The Morgan fingerprint density at radius 3 is 2.86 bits per heavy atom. The minimum atomic E-state index is 0.104. The summed E-state index contributed by atoms with van der Waals surface area (Å²) in [6, 6.07) is 0.300. The standard InChI is InChI=1S/C20H37N7O/c1-15-7-6-10-26(11-15)20(2,3)14-22-19(21-4)23-16-8-9-18-24-17(13-28-5)25-27(18)12-16/h15-16H,6-14H2,1-5H3,(H2,21,22,23). The van der Waals surface area contributed by atoms with Crippen LogP contribution in [0.2, 0.25) is 0 Å². The van der Waals surface area contributed by atoms with Crippen LogP contribution in [0.3, 0.4) is 0 Å². The molecule has 1 fully saturated rings. The predicted octanol–water partition coefficient (Wildman–Crippen LogP) is 1.41. The van der Waals surface area contributed by atoms with Crippen LogP contribution in [-0.2, 0) is 24.3 Å². The molecule has 8 nitrogen and oxygen atoms in total. The van der Waals surface area contributed by atoms with Gasteiger partial charge in [0, 0.05) is 45.2 Å². The number of aryl methyl sites for hydroxylation is 1. The van der Waals surface area contributed by atoms with E-state index in [1.807, 2.05) is 11.7 Å². The van der Waals surface area contributed by atoms with Crippen molar-refractivity contribution >= 4 is 5.96 Å². The zero-order chi connectivity index (χ0) is 20.1. The molecule has 158 valence electrons. The first-order chi connectivity index (χ1) is 13.4. The molecule has 3 rings (SSSR count). The Morgan fingerprint density at radius 1 is 1.32 bits per heavy atom.